The first kappa shape index (κ1) is 17.9. The average molecular weight is 400 g/mol. The van der Waals surface area contributed by atoms with E-state index in [2.05, 4.69) is 37.2 Å². The number of rotatable bonds is 4. The third-order valence-corrected chi connectivity index (χ3v) is 3.84. The number of nitrogens with one attached hydrogen (secondary N) is 1. The van der Waals surface area contributed by atoms with Gasteiger partial charge < -0.3 is 5.32 Å². The monoisotopic (exact) mass is 397 g/mol. The molecule has 1 amide bonds. The van der Waals surface area contributed by atoms with Gasteiger partial charge in [0, 0.05) is 21.9 Å². The number of amides is 1. The van der Waals surface area contributed by atoms with Crippen LogP contribution in [0.2, 0.25) is 5.02 Å². The predicted molar refractivity (Wildman–Crippen MR) is 86.7 cm³/mol. The molecule has 0 aromatic heterocycles. The Hall–Kier alpha value is -0.0600. The summed E-state index contributed by atoms with van der Waals surface area (Å²) in [6.45, 7) is 5.97. The van der Waals surface area contributed by atoms with Gasteiger partial charge in [0.25, 0.3) is 0 Å². The summed E-state index contributed by atoms with van der Waals surface area (Å²) in [5, 5.41) is 4.12. The second-order valence-corrected chi connectivity index (χ2v) is 5.18. The smallest absolute Gasteiger partial charge is 0.224 e. The molecule has 102 valence electrons. The maximum Gasteiger partial charge on any atom is 0.224 e. The van der Waals surface area contributed by atoms with Crippen molar-refractivity contribution in [2.75, 3.05) is 5.32 Å². The lowest BCUT2D eigenvalue weighted by Crippen LogP contribution is -2.12. The SMILES string of the molecule is CC.CCCC(=O)Nc1cc(Cl)c(Br)cc1CBr. The fourth-order valence-electron chi connectivity index (χ4n) is 1.25. The molecule has 0 unspecified atom stereocenters. The minimum Gasteiger partial charge on any atom is -0.326 e. The molecule has 0 saturated heterocycles. The Morgan fingerprint density at radius 2 is 2.00 bits per heavy atom. The van der Waals surface area contributed by atoms with E-state index in [1.54, 1.807) is 6.07 Å². The number of hydrogen-bond acceptors (Lipinski definition) is 1. The molecule has 1 N–H and O–H groups in total. The van der Waals surface area contributed by atoms with Gasteiger partial charge in [0.1, 0.15) is 0 Å². The first-order valence-electron chi connectivity index (χ1n) is 5.92. The number of carbonyl (C=O) groups excluding carboxylic acids is 1. The Morgan fingerprint density at radius 1 is 1.39 bits per heavy atom. The predicted octanol–water partition coefficient (Wildman–Crippen LogP) is 5.76. The Labute approximate surface area is 131 Å². The molecule has 0 aliphatic carbocycles. The maximum atomic E-state index is 11.5. The molecule has 2 nitrogen and oxygen atoms in total. The minimum absolute atomic E-state index is 0.0167. The second kappa shape index (κ2) is 9.82. The van der Waals surface area contributed by atoms with Crippen LogP contribution in [0, 0.1) is 0 Å². The van der Waals surface area contributed by atoms with E-state index in [9.17, 15) is 4.79 Å². The molecular formula is C13H18Br2ClNO. The van der Waals surface area contributed by atoms with E-state index in [1.807, 2.05) is 26.8 Å². The van der Waals surface area contributed by atoms with Gasteiger partial charge in [-0.15, -0.1) is 0 Å². The van der Waals surface area contributed by atoms with Crippen LogP contribution < -0.4 is 5.32 Å². The van der Waals surface area contributed by atoms with E-state index >= 15 is 0 Å². The molecule has 0 aliphatic rings. The summed E-state index contributed by atoms with van der Waals surface area (Å²) in [4.78, 5) is 11.5. The fraction of sp³-hybridized carbons (Fsp3) is 0.462. The highest BCUT2D eigenvalue weighted by Gasteiger charge is 2.09. The van der Waals surface area contributed by atoms with Crippen molar-refractivity contribution in [3.8, 4) is 0 Å². The van der Waals surface area contributed by atoms with Crippen molar-refractivity contribution >= 4 is 55.1 Å². The normalized spacial score (nSPS) is 9.44. The molecule has 0 atom stereocenters. The Balaban J connectivity index is 0.00000137. The lowest BCUT2D eigenvalue weighted by Gasteiger charge is -2.10. The quantitative estimate of drug-likeness (QED) is 0.641. The number of anilines is 1. The molecule has 0 spiro atoms. The van der Waals surface area contributed by atoms with E-state index in [0.29, 0.717) is 16.8 Å². The number of alkyl halides is 1. The van der Waals surface area contributed by atoms with E-state index in [-0.39, 0.29) is 5.91 Å². The molecular weight excluding hydrogens is 381 g/mol. The van der Waals surface area contributed by atoms with Gasteiger partial charge in [-0.3, -0.25) is 4.79 Å². The van der Waals surface area contributed by atoms with Gasteiger partial charge in [0.05, 0.1) is 5.02 Å². The van der Waals surface area contributed by atoms with Crippen LogP contribution in [0.4, 0.5) is 5.69 Å². The van der Waals surface area contributed by atoms with Crippen LogP contribution in [0.1, 0.15) is 39.2 Å². The number of carbonyl (C=O) groups is 1. The van der Waals surface area contributed by atoms with Crippen LogP contribution in [0.5, 0.6) is 0 Å². The summed E-state index contributed by atoms with van der Waals surface area (Å²) in [5.74, 6) is 0.0167. The van der Waals surface area contributed by atoms with Gasteiger partial charge in [-0.2, -0.15) is 0 Å². The van der Waals surface area contributed by atoms with E-state index in [4.69, 9.17) is 11.6 Å². The topological polar surface area (TPSA) is 29.1 Å². The summed E-state index contributed by atoms with van der Waals surface area (Å²) in [7, 11) is 0. The first-order chi connectivity index (χ1) is 8.58. The van der Waals surface area contributed by atoms with Crippen LogP contribution in [0.25, 0.3) is 0 Å². The van der Waals surface area contributed by atoms with Gasteiger partial charge in [0.15, 0.2) is 0 Å². The second-order valence-electron chi connectivity index (χ2n) is 3.36. The Bertz CT molecular complexity index is 397. The van der Waals surface area contributed by atoms with Crippen molar-refractivity contribution in [1.82, 2.24) is 0 Å². The fourth-order valence-corrected chi connectivity index (χ4v) is 2.27. The third kappa shape index (κ3) is 5.72. The van der Waals surface area contributed by atoms with Crippen molar-refractivity contribution in [3.05, 3.63) is 27.2 Å². The number of benzene rings is 1. The molecule has 0 bridgehead atoms. The lowest BCUT2D eigenvalue weighted by molar-refractivity contribution is -0.116. The largest absolute Gasteiger partial charge is 0.326 e. The summed E-state index contributed by atoms with van der Waals surface area (Å²) in [6, 6.07) is 3.66. The van der Waals surface area contributed by atoms with E-state index < -0.39 is 0 Å². The highest BCUT2D eigenvalue weighted by molar-refractivity contribution is 9.10. The van der Waals surface area contributed by atoms with Crippen molar-refractivity contribution < 1.29 is 4.79 Å². The van der Waals surface area contributed by atoms with Crippen LogP contribution in [0.15, 0.2) is 16.6 Å². The Kier molecular flexibility index (Phi) is 9.78. The zero-order chi connectivity index (χ0) is 14.1. The highest BCUT2D eigenvalue weighted by atomic mass is 79.9. The maximum absolute atomic E-state index is 11.5. The summed E-state index contributed by atoms with van der Waals surface area (Å²) in [6.07, 6.45) is 1.36. The molecule has 1 aromatic rings. The zero-order valence-corrected chi connectivity index (χ0v) is 14.7. The molecule has 5 heteroatoms. The third-order valence-electron chi connectivity index (χ3n) is 2.04. The van der Waals surface area contributed by atoms with Crippen molar-refractivity contribution in [3.63, 3.8) is 0 Å². The minimum atomic E-state index is 0.0167. The summed E-state index contributed by atoms with van der Waals surface area (Å²) in [5.41, 5.74) is 1.77. The standard InChI is InChI=1S/C11H12Br2ClNO.C2H6/c1-2-3-11(16)15-10-5-9(14)8(13)4-7(10)6-12;1-2/h4-5H,2-3,6H2,1H3,(H,15,16);1-2H3. The molecule has 0 saturated carbocycles. The Morgan fingerprint density at radius 3 is 2.50 bits per heavy atom. The van der Waals surface area contributed by atoms with E-state index in [0.717, 1.165) is 22.1 Å². The van der Waals surface area contributed by atoms with Gasteiger partial charge in [0.2, 0.25) is 5.91 Å². The molecule has 0 heterocycles. The summed E-state index contributed by atoms with van der Waals surface area (Å²) < 4.78 is 0.831. The number of halogens is 3. The van der Waals surface area contributed by atoms with Gasteiger partial charge in [-0.1, -0.05) is 48.3 Å². The lowest BCUT2D eigenvalue weighted by atomic mass is 10.2. The molecule has 1 rings (SSSR count). The van der Waals surface area contributed by atoms with Crippen molar-refractivity contribution in [2.45, 2.75) is 38.9 Å². The van der Waals surface area contributed by atoms with Crippen molar-refractivity contribution in [1.29, 1.82) is 0 Å². The molecule has 0 radical (unpaired) electrons. The van der Waals surface area contributed by atoms with Gasteiger partial charge in [-0.05, 0) is 40.0 Å². The van der Waals surface area contributed by atoms with E-state index in [1.165, 1.54) is 0 Å². The van der Waals surface area contributed by atoms with Crippen LogP contribution >= 0.6 is 43.5 Å². The van der Waals surface area contributed by atoms with Gasteiger partial charge in [-0.25, -0.2) is 0 Å². The van der Waals surface area contributed by atoms with Gasteiger partial charge >= 0.3 is 0 Å². The van der Waals surface area contributed by atoms with Crippen LogP contribution in [-0.4, -0.2) is 5.91 Å². The number of hydrogen-bond donors (Lipinski definition) is 1. The average Bonchev–Trinajstić information content (AvgIpc) is 2.36. The van der Waals surface area contributed by atoms with Crippen molar-refractivity contribution in [2.24, 2.45) is 0 Å². The molecule has 0 fully saturated rings. The molecule has 1 aromatic carbocycles. The highest BCUT2D eigenvalue weighted by Crippen LogP contribution is 2.30. The van der Waals surface area contributed by atoms with Crippen LogP contribution in [0.3, 0.4) is 0 Å². The summed E-state index contributed by atoms with van der Waals surface area (Å²) >= 11 is 12.7. The molecule has 18 heavy (non-hydrogen) atoms. The van der Waals surface area contributed by atoms with Crippen LogP contribution in [-0.2, 0) is 10.1 Å². The first-order valence-corrected chi connectivity index (χ1v) is 8.21. The molecule has 0 aliphatic heterocycles. The zero-order valence-electron chi connectivity index (χ0n) is 10.8.